The van der Waals surface area contributed by atoms with E-state index in [2.05, 4.69) is 13.8 Å². The summed E-state index contributed by atoms with van der Waals surface area (Å²) in [5.74, 6) is -1.93. The van der Waals surface area contributed by atoms with E-state index in [1.165, 1.54) is 6.42 Å². The van der Waals surface area contributed by atoms with E-state index in [-0.39, 0.29) is 106 Å². The monoisotopic (exact) mass is 592 g/mol. The second-order valence-corrected chi connectivity index (χ2v) is 10.1. The van der Waals surface area contributed by atoms with Gasteiger partial charge in [0.15, 0.2) is 5.25 Å². The summed E-state index contributed by atoms with van der Waals surface area (Å²) >= 11 is 0. The third kappa shape index (κ3) is 37.9. The molecule has 0 radical (unpaired) electrons. The Kier molecular flexibility index (Phi) is 39.2. The molecule has 0 aliphatic rings. The fourth-order valence-electron chi connectivity index (χ4n) is 2.74. The summed E-state index contributed by atoms with van der Waals surface area (Å²) in [5.41, 5.74) is 0. The van der Waals surface area contributed by atoms with Crippen LogP contribution in [0.4, 0.5) is 0 Å². The fraction of sp³-hybridized carbons (Fsp3) is 0.900. The van der Waals surface area contributed by atoms with E-state index in [1.54, 1.807) is 0 Å². The second-order valence-electron chi connectivity index (χ2n) is 7.58. The van der Waals surface area contributed by atoms with Gasteiger partial charge in [0, 0.05) is 0 Å². The van der Waals surface area contributed by atoms with Crippen LogP contribution >= 0.6 is 0 Å². The molecule has 16 heteroatoms. The Morgan fingerprint density at radius 1 is 0.667 bits per heavy atom. The molecule has 3 N–H and O–H groups in total. The van der Waals surface area contributed by atoms with Crippen molar-refractivity contribution in [2.45, 2.75) is 103 Å². The van der Waals surface area contributed by atoms with Crippen LogP contribution in [0.1, 0.15) is 102 Å². The van der Waals surface area contributed by atoms with Gasteiger partial charge in [-0.15, -0.1) is 0 Å². The van der Waals surface area contributed by atoms with Crippen molar-refractivity contribution >= 4 is 32.5 Å². The van der Waals surface area contributed by atoms with Crippen LogP contribution in [-0.4, -0.2) is 60.9 Å². The SMILES string of the molecule is CCCCCCCCOC(=O)CC(C(=O)OCCCCCCCC)S(=O)(=O)O.O=S(=O)(O)O.[H-].[H-].[H-].[Na+].[Na+].[Na+]. The summed E-state index contributed by atoms with van der Waals surface area (Å²) in [6.07, 6.45) is 11.3. The smallest absolute Gasteiger partial charge is 1.00 e. The van der Waals surface area contributed by atoms with E-state index in [4.69, 9.17) is 27.0 Å². The van der Waals surface area contributed by atoms with Crippen LogP contribution in [0.15, 0.2) is 0 Å². The molecular formula is C20H43Na3O11S2. The maximum absolute atomic E-state index is 12.0. The van der Waals surface area contributed by atoms with Crippen LogP contribution < -0.4 is 88.7 Å². The molecule has 0 aliphatic heterocycles. The summed E-state index contributed by atoms with van der Waals surface area (Å²) in [6.45, 7) is 4.50. The van der Waals surface area contributed by atoms with Crippen LogP contribution in [-0.2, 0) is 39.6 Å². The molecule has 1 atom stereocenters. The molecule has 0 aliphatic carbocycles. The molecule has 11 nitrogen and oxygen atoms in total. The van der Waals surface area contributed by atoms with Crippen LogP contribution in [0.5, 0.6) is 0 Å². The molecule has 0 saturated carbocycles. The summed E-state index contributed by atoms with van der Waals surface area (Å²) in [4.78, 5) is 23.8. The number of esters is 2. The van der Waals surface area contributed by atoms with Gasteiger partial charge >= 0.3 is 111 Å². The zero-order valence-corrected chi connectivity index (χ0v) is 30.2. The van der Waals surface area contributed by atoms with Gasteiger partial charge in [-0.25, -0.2) is 0 Å². The Bertz CT molecular complexity index is 740. The number of carbonyl (C=O) groups excluding carboxylic acids is 2. The van der Waals surface area contributed by atoms with Gasteiger partial charge in [-0.2, -0.15) is 16.8 Å². The van der Waals surface area contributed by atoms with E-state index < -0.39 is 44.1 Å². The minimum atomic E-state index is -4.73. The Morgan fingerprint density at radius 2 is 1.00 bits per heavy atom. The number of hydrogen-bond donors (Lipinski definition) is 3. The molecule has 36 heavy (non-hydrogen) atoms. The second kappa shape index (κ2) is 29.7. The normalized spacial score (nSPS) is 11.4. The molecule has 1 unspecified atom stereocenters. The predicted molar refractivity (Wildman–Crippen MR) is 126 cm³/mol. The van der Waals surface area contributed by atoms with Crippen LogP contribution in [0, 0.1) is 0 Å². The van der Waals surface area contributed by atoms with Gasteiger partial charge in [-0.1, -0.05) is 78.1 Å². The van der Waals surface area contributed by atoms with Gasteiger partial charge in [-0.3, -0.25) is 23.2 Å². The van der Waals surface area contributed by atoms with Gasteiger partial charge < -0.3 is 13.8 Å². The minimum absolute atomic E-state index is 0. The molecule has 204 valence electrons. The Morgan fingerprint density at radius 3 is 1.36 bits per heavy atom. The van der Waals surface area contributed by atoms with Crippen molar-refractivity contribution in [3.63, 3.8) is 0 Å². The van der Waals surface area contributed by atoms with Crippen molar-refractivity contribution < 1.29 is 143 Å². The van der Waals surface area contributed by atoms with E-state index in [0.29, 0.717) is 12.8 Å². The first kappa shape index (κ1) is 47.5. The summed E-state index contributed by atoms with van der Waals surface area (Å²) < 4.78 is 73.6. The molecule has 0 aromatic rings. The molecule has 0 rings (SSSR count). The predicted octanol–water partition coefficient (Wildman–Crippen LogP) is -4.86. The third-order valence-electron chi connectivity index (χ3n) is 4.48. The number of ether oxygens (including phenoxy) is 2. The largest absolute Gasteiger partial charge is 1.00 e. The molecule has 0 bridgehead atoms. The first-order valence-electron chi connectivity index (χ1n) is 11.3. The molecule has 0 fully saturated rings. The van der Waals surface area contributed by atoms with Crippen molar-refractivity contribution in [1.29, 1.82) is 0 Å². The van der Waals surface area contributed by atoms with E-state index in [9.17, 15) is 22.6 Å². The minimum Gasteiger partial charge on any atom is -1.00 e. The molecule has 0 saturated heterocycles. The van der Waals surface area contributed by atoms with Gasteiger partial charge in [0.2, 0.25) is 0 Å². The molecule has 0 amide bonds. The van der Waals surface area contributed by atoms with Crippen molar-refractivity contribution in [3.8, 4) is 0 Å². The molecule has 0 aromatic heterocycles. The average molecular weight is 593 g/mol. The fourth-order valence-corrected chi connectivity index (χ4v) is 3.39. The number of carbonyl (C=O) groups is 2. The van der Waals surface area contributed by atoms with Crippen molar-refractivity contribution in [3.05, 3.63) is 0 Å². The number of rotatable bonds is 18. The van der Waals surface area contributed by atoms with Crippen molar-refractivity contribution in [2.24, 2.45) is 0 Å². The first-order chi connectivity index (χ1) is 15.3. The number of hydrogen-bond acceptors (Lipinski definition) is 8. The molecule has 0 spiro atoms. The maximum atomic E-state index is 12.0. The molecular weight excluding hydrogens is 549 g/mol. The Labute approximate surface area is 287 Å². The Hall–Kier alpha value is 1.72. The maximum Gasteiger partial charge on any atom is 1.00 e. The van der Waals surface area contributed by atoms with Crippen molar-refractivity contribution in [2.75, 3.05) is 13.2 Å². The Balaban J connectivity index is -0.000000133. The topological polar surface area (TPSA) is 182 Å². The summed E-state index contributed by atoms with van der Waals surface area (Å²) in [5, 5.41) is -1.93. The van der Waals surface area contributed by atoms with E-state index in [0.717, 1.165) is 57.8 Å². The third-order valence-corrected chi connectivity index (χ3v) is 5.56. The van der Waals surface area contributed by atoms with Crippen LogP contribution in [0.3, 0.4) is 0 Å². The quantitative estimate of drug-likeness (QED) is 0.0601. The summed E-state index contributed by atoms with van der Waals surface area (Å²) in [6, 6.07) is 0. The molecule has 0 heterocycles. The standard InChI is InChI=1S/C20H38O7S.3Na.H2O4S.3H/c1-3-5-7-9-11-13-15-26-19(21)17-18(28(23,24)25)20(22)27-16-14-12-10-8-6-4-2;;;;1-5(2,3)4;;;/h18H,3-17H2,1-2H3,(H,23,24,25);;;;(H2,1,2,3,4);;;/q;3*+1;;3*-1. The van der Waals surface area contributed by atoms with Gasteiger partial charge in [0.25, 0.3) is 10.1 Å². The van der Waals surface area contributed by atoms with Gasteiger partial charge in [0.05, 0.1) is 19.6 Å². The number of unbranched alkanes of at least 4 members (excludes halogenated alkanes) is 10. The first-order valence-corrected chi connectivity index (χ1v) is 14.2. The zero-order chi connectivity index (χ0) is 25.8. The average Bonchev–Trinajstić information content (AvgIpc) is 2.68. The van der Waals surface area contributed by atoms with E-state index >= 15 is 0 Å². The zero-order valence-electron chi connectivity index (χ0n) is 25.6. The van der Waals surface area contributed by atoms with E-state index in [1.807, 2.05) is 0 Å². The van der Waals surface area contributed by atoms with Gasteiger partial charge in [0.1, 0.15) is 0 Å². The molecule has 0 aromatic carbocycles. The van der Waals surface area contributed by atoms with Crippen LogP contribution in [0.25, 0.3) is 0 Å². The van der Waals surface area contributed by atoms with Gasteiger partial charge in [-0.05, 0) is 12.8 Å². The van der Waals surface area contributed by atoms with Crippen LogP contribution in [0.2, 0.25) is 0 Å². The van der Waals surface area contributed by atoms with Crippen molar-refractivity contribution in [1.82, 2.24) is 0 Å². The summed E-state index contributed by atoms with van der Waals surface area (Å²) in [7, 11) is -9.40.